The van der Waals surface area contributed by atoms with Gasteiger partial charge in [-0.2, -0.15) is 9.57 Å². The number of hydrogen-bond acceptors (Lipinski definition) is 4. The van der Waals surface area contributed by atoms with Gasteiger partial charge < -0.3 is 4.74 Å². The first-order valence-corrected chi connectivity index (χ1v) is 7.53. The molecule has 1 aliphatic rings. The molecule has 1 aromatic carbocycles. The molecule has 0 spiro atoms. The fourth-order valence-electron chi connectivity index (χ4n) is 2.04. The summed E-state index contributed by atoms with van der Waals surface area (Å²) in [6.07, 6.45) is -0.107. The standard InChI is InChI=1S/C13H16N2O3S/c1-10-9-18-11(2)8-15(10)19(16,17)13-5-3-12(7-14)4-6-13/h3-6,10-11H,8-9H2,1-2H3. The van der Waals surface area contributed by atoms with E-state index in [0.29, 0.717) is 18.7 Å². The van der Waals surface area contributed by atoms with E-state index in [4.69, 9.17) is 10.00 Å². The molecule has 2 unspecified atom stereocenters. The number of sulfonamides is 1. The third-order valence-corrected chi connectivity index (χ3v) is 5.13. The lowest BCUT2D eigenvalue weighted by Crippen LogP contribution is -2.50. The summed E-state index contributed by atoms with van der Waals surface area (Å²) in [6.45, 7) is 4.43. The van der Waals surface area contributed by atoms with Gasteiger partial charge in [0.15, 0.2) is 0 Å². The minimum Gasteiger partial charge on any atom is -0.375 e. The van der Waals surface area contributed by atoms with Crippen LogP contribution in [0.15, 0.2) is 29.2 Å². The second-order valence-corrected chi connectivity index (χ2v) is 6.59. The Morgan fingerprint density at radius 3 is 2.53 bits per heavy atom. The number of nitrogens with zero attached hydrogens (tertiary/aromatic N) is 2. The van der Waals surface area contributed by atoms with Crippen molar-refractivity contribution >= 4 is 10.0 Å². The fraction of sp³-hybridized carbons (Fsp3) is 0.462. The van der Waals surface area contributed by atoms with Crippen molar-refractivity contribution in [1.82, 2.24) is 4.31 Å². The molecular formula is C13H16N2O3S. The van der Waals surface area contributed by atoms with Crippen LogP contribution < -0.4 is 0 Å². The Morgan fingerprint density at radius 2 is 1.95 bits per heavy atom. The summed E-state index contributed by atoms with van der Waals surface area (Å²) in [7, 11) is -3.53. The first kappa shape index (κ1) is 14.0. The molecule has 102 valence electrons. The molecule has 5 nitrogen and oxygen atoms in total. The molecule has 0 saturated carbocycles. The van der Waals surface area contributed by atoms with E-state index in [1.54, 1.807) is 0 Å². The van der Waals surface area contributed by atoms with E-state index < -0.39 is 10.0 Å². The molecule has 0 N–H and O–H groups in total. The highest BCUT2D eigenvalue weighted by Gasteiger charge is 2.33. The van der Waals surface area contributed by atoms with Gasteiger partial charge in [-0.1, -0.05) is 0 Å². The molecule has 6 heteroatoms. The van der Waals surface area contributed by atoms with Crippen molar-refractivity contribution in [2.24, 2.45) is 0 Å². The highest BCUT2D eigenvalue weighted by atomic mass is 32.2. The number of benzene rings is 1. The maximum atomic E-state index is 12.5. The molecule has 2 atom stereocenters. The number of hydrogen-bond donors (Lipinski definition) is 0. The fourth-order valence-corrected chi connectivity index (χ4v) is 3.74. The SMILES string of the molecule is CC1CN(S(=O)(=O)c2ccc(C#N)cc2)C(C)CO1. The zero-order chi connectivity index (χ0) is 14.0. The lowest BCUT2D eigenvalue weighted by atomic mass is 10.2. The van der Waals surface area contributed by atoms with E-state index in [1.165, 1.54) is 28.6 Å². The van der Waals surface area contributed by atoms with Gasteiger partial charge in [0.25, 0.3) is 0 Å². The Labute approximate surface area is 113 Å². The van der Waals surface area contributed by atoms with Crippen molar-refractivity contribution in [1.29, 1.82) is 5.26 Å². The van der Waals surface area contributed by atoms with Gasteiger partial charge >= 0.3 is 0 Å². The third kappa shape index (κ3) is 2.78. The molecule has 1 fully saturated rings. The zero-order valence-corrected chi connectivity index (χ0v) is 11.7. The molecule has 1 heterocycles. The van der Waals surface area contributed by atoms with Crippen LogP contribution in [0.5, 0.6) is 0 Å². The van der Waals surface area contributed by atoms with Crippen molar-refractivity contribution in [2.45, 2.75) is 30.9 Å². The van der Waals surface area contributed by atoms with E-state index in [2.05, 4.69) is 0 Å². The summed E-state index contributed by atoms with van der Waals surface area (Å²) in [5, 5.41) is 8.73. The van der Waals surface area contributed by atoms with Crippen molar-refractivity contribution in [3.8, 4) is 6.07 Å². The van der Waals surface area contributed by atoms with Crippen molar-refractivity contribution in [3.63, 3.8) is 0 Å². The van der Waals surface area contributed by atoms with Gasteiger partial charge in [-0.15, -0.1) is 0 Å². The van der Waals surface area contributed by atoms with Crippen LogP contribution in [0.3, 0.4) is 0 Å². The molecule has 1 saturated heterocycles. The molecule has 1 aromatic rings. The first-order chi connectivity index (χ1) is 8.95. The Bertz CT molecular complexity index is 589. The van der Waals surface area contributed by atoms with Crippen molar-refractivity contribution < 1.29 is 13.2 Å². The minimum atomic E-state index is -3.53. The van der Waals surface area contributed by atoms with Gasteiger partial charge in [0, 0.05) is 12.6 Å². The number of morpholine rings is 1. The summed E-state index contributed by atoms with van der Waals surface area (Å²) >= 11 is 0. The van der Waals surface area contributed by atoms with Crippen LogP contribution in [0.1, 0.15) is 19.4 Å². The summed E-state index contributed by atoms with van der Waals surface area (Å²) in [5.74, 6) is 0. The molecule has 0 radical (unpaired) electrons. The van der Waals surface area contributed by atoms with Gasteiger partial charge in [0.2, 0.25) is 10.0 Å². The van der Waals surface area contributed by atoms with Crippen LogP contribution in [0.2, 0.25) is 0 Å². The molecule has 1 aliphatic heterocycles. The highest BCUT2D eigenvalue weighted by molar-refractivity contribution is 7.89. The summed E-state index contributed by atoms with van der Waals surface area (Å²) in [5.41, 5.74) is 0.447. The number of ether oxygens (including phenoxy) is 1. The predicted molar refractivity (Wildman–Crippen MR) is 69.9 cm³/mol. The minimum absolute atomic E-state index is 0.107. The van der Waals surface area contributed by atoms with Crippen LogP contribution in [-0.2, 0) is 14.8 Å². The zero-order valence-electron chi connectivity index (χ0n) is 10.9. The van der Waals surface area contributed by atoms with Crippen LogP contribution in [-0.4, -0.2) is 38.0 Å². The Kier molecular flexibility index (Phi) is 3.90. The van der Waals surface area contributed by atoms with Gasteiger partial charge in [0.1, 0.15) is 0 Å². The lowest BCUT2D eigenvalue weighted by Gasteiger charge is -2.35. The summed E-state index contributed by atoms with van der Waals surface area (Å²) in [6, 6.07) is 7.77. The second-order valence-electron chi connectivity index (χ2n) is 4.70. The van der Waals surface area contributed by atoms with Gasteiger partial charge in [-0.25, -0.2) is 8.42 Å². The monoisotopic (exact) mass is 280 g/mol. The maximum Gasteiger partial charge on any atom is 0.243 e. The Balaban J connectivity index is 2.33. The molecule has 0 bridgehead atoms. The van der Waals surface area contributed by atoms with Crippen LogP contribution in [0, 0.1) is 11.3 Å². The molecule has 0 amide bonds. The quantitative estimate of drug-likeness (QED) is 0.820. The van der Waals surface area contributed by atoms with Crippen molar-refractivity contribution in [2.75, 3.05) is 13.2 Å². The average Bonchev–Trinajstić information content (AvgIpc) is 2.41. The highest BCUT2D eigenvalue weighted by Crippen LogP contribution is 2.22. The Hall–Kier alpha value is -1.42. The van der Waals surface area contributed by atoms with Crippen LogP contribution >= 0.6 is 0 Å². The van der Waals surface area contributed by atoms with E-state index in [-0.39, 0.29) is 17.0 Å². The maximum absolute atomic E-state index is 12.5. The third-order valence-electron chi connectivity index (χ3n) is 3.14. The second kappa shape index (κ2) is 5.29. The molecule has 0 aromatic heterocycles. The first-order valence-electron chi connectivity index (χ1n) is 6.09. The van der Waals surface area contributed by atoms with Gasteiger partial charge in [0.05, 0.1) is 29.2 Å². The van der Waals surface area contributed by atoms with E-state index >= 15 is 0 Å². The smallest absolute Gasteiger partial charge is 0.243 e. The molecule has 19 heavy (non-hydrogen) atoms. The van der Waals surface area contributed by atoms with E-state index in [9.17, 15) is 8.42 Å². The summed E-state index contributed by atoms with van der Waals surface area (Å²) < 4.78 is 32.0. The topological polar surface area (TPSA) is 70.4 Å². The normalized spacial score (nSPS) is 24.9. The van der Waals surface area contributed by atoms with Crippen molar-refractivity contribution in [3.05, 3.63) is 29.8 Å². The van der Waals surface area contributed by atoms with Crippen LogP contribution in [0.4, 0.5) is 0 Å². The lowest BCUT2D eigenvalue weighted by molar-refractivity contribution is -0.0170. The number of rotatable bonds is 2. The summed E-state index contributed by atoms with van der Waals surface area (Å²) in [4.78, 5) is 0.215. The van der Waals surface area contributed by atoms with E-state index in [1.807, 2.05) is 19.9 Å². The molecule has 2 rings (SSSR count). The molecule has 0 aliphatic carbocycles. The van der Waals surface area contributed by atoms with Gasteiger partial charge in [-0.05, 0) is 38.1 Å². The largest absolute Gasteiger partial charge is 0.375 e. The van der Waals surface area contributed by atoms with Crippen LogP contribution in [0.25, 0.3) is 0 Å². The van der Waals surface area contributed by atoms with E-state index in [0.717, 1.165) is 0 Å². The Morgan fingerprint density at radius 1 is 1.32 bits per heavy atom. The number of nitriles is 1. The average molecular weight is 280 g/mol. The van der Waals surface area contributed by atoms with Gasteiger partial charge in [-0.3, -0.25) is 0 Å². The predicted octanol–water partition coefficient (Wildman–Crippen LogP) is 1.36. The molecular weight excluding hydrogens is 264 g/mol.